The van der Waals surface area contributed by atoms with Crippen molar-refractivity contribution in [2.24, 2.45) is 7.05 Å². The first-order chi connectivity index (χ1) is 12.4. The number of nitrogens with one attached hydrogen (secondary N) is 1. The maximum atomic E-state index is 12.7. The molecule has 1 aliphatic rings. The molecule has 1 aromatic carbocycles. The molecule has 4 rings (SSSR count). The van der Waals surface area contributed by atoms with Gasteiger partial charge in [-0.2, -0.15) is 5.10 Å². The minimum atomic E-state index is -0.0560. The Hall–Kier alpha value is -2.63. The van der Waals surface area contributed by atoms with E-state index in [1.54, 1.807) is 0 Å². The minimum absolute atomic E-state index is 0.0313. The van der Waals surface area contributed by atoms with E-state index in [9.17, 15) is 4.79 Å². The van der Waals surface area contributed by atoms with Gasteiger partial charge >= 0.3 is 0 Å². The Morgan fingerprint density at radius 2 is 2.12 bits per heavy atom. The van der Waals surface area contributed by atoms with Gasteiger partial charge in [0.2, 0.25) is 0 Å². The Bertz CT molecular complexity index is 980. The molecule has 1 atom stereocenters. The number of aryl methyl sites for hydroxylation is 2. The van der Waals surface area contributed by atoms with Crippen LogP contribution in [0.5, 0.6) is 0 Å². The molecular formula is C20H25N5O. The predicted molar refractivity (Wildman–Crippen MR) is 101 cm³/mol. The number of rotatable bonds is 5. The molecule has 3 aromatic rings. The summed E-state index contributed by atoms with van der Waals surface area (Å²) in [6, 6.07) is 6.41. The molecule has 2 aromatic heterocycles. The molecule has 1 fully saturated rings. The number of imidazole rings is 1. The third kappa shape index (κ3) is 3.00. The molecule has 0 aliphatic heterocycles. The van der Waals surface area contributed by atoms with Gasteiger partial charge in [-0.05, 0) is 63.8 Å². The Morgan fingerprint density at radius 1 is 1.35 bits per heavy atom. The summed E-state index contributed by atoms with van der Waals surface area (Å²) >= 11 is 0. The summed E-state index contributed by atoms with van der Waals surface area (Å²) in [6.07, 6.45) is 5.10. The Labute approximate surface area is 153 Å². The van der Waals surface area contributed by atoms with Crippen molar-refractivity contribution in [3.63, 3.8) is 0 Å². The Balaban J connectivity index is 1.48. The number of amides is 1. The molecule has 1 saturated carbocycles. The molecule has 2 heterocycles. The zero-order valence-corrected chi connectivity index (χ0v) is 15.8. The van der Waals surface area contributed by atoms with Crippen LogP contribution in [0.3, 0.4) is 0 Å². The monoisotopic (exact) mass is 351 g/mol. The van der Waals surface area contributed by atoms with Crippen LogP contribution in [0.2, 0.25) is 0 Å². The van der Waals surface area contributed by atoms with Crippen LogP contribution in [0, 0.1) is 13.8 Å². The third-order valence-corrected chi connectivity index (χ3v) is 5.32. The SMILES string of the molecule is Cc1nn(C)c(C)c1C[C@H](C)NC(=O)c1ccc2c(c1)ncn2C1CC1. The lowest BCUT2D eigenvalue weighted by Gasteiger charge is -2.14. The summed E-state index contributed by atoms with van der Waals surface area (Å²) in [6.45, 7) is 6.11. The van der Waals surface area contributed by atoms with E-state index in [2.05, 4.69) is 26.9 Å². The van der Waals surface area contributed by atoms with E-state index >= 15 is 0 Å². The molecule has 0 saturated heterocycles. The van der Waals surface area contributed by atoms with Gasteiger partial charge in [0.25, 0.3) is 5.91 Å². The first-order valence-electron chi connectivity index (χ1n) is 9.20. The van der Waals surface area contributed by atoms with Gasteiger partial charge in [-0.1, -0.05) is 0 Å². The fourth-order valence-corrected chi connectivity index (χ4v) is 3.59. The molecule has 0 bridgehead atoms. The maximum Gasteiger partial charge on any atom is 0.251 e. The number of fused-ring (bicyclic) bond motifs is 1. The molecule has 1 aliphatic carbocycles. The maximum absolute atomic E-state index is 12.7. The number of carbonyl (C=O) groups is 1. The van der Waals surface area contributed by atoms with Crippen LogP contribution in [-0.4, -0.2) is 31.3 Å². The van der Waals surface area contributed by atoms with Gasteiger partial charge in [0.05, 0.1) is 23.1 Å². The summed E-state index contributed by atoms with van der Waals surface area (Å²) in [5.41, 5.74) is 6.03. The van der Waals surface area contributed by atoms with Crippen LogP contribution in [0.1, 0.15) is 53.1 Å². The zero-order valence-electron chi connectivity index (χ0n) is 15.8. The normalized spacial score (nSPS) is 15.4. The molecule has 26 heavy (non-hydrogen) atoms. The summed E-state index contributed by atoms with van der Waals surface area (Å²) in [4.78, 5) is 17.1. The number of hydrogen-bond acceptors (Lipinski definition) is 3. The number of aromatic nitrogens is 4. The lowest BCUT2D eigenvalue weighted by Crippen LogP contribution is -2.34. The molecule has 1 N–H and O–H groups in total. The van der Waals surface area contributed by atoms with E-state index < -0.39 is 0 Å². The second-order valence-electron chi connectivity index (χ2n) is 7.44. The van der Waals surface area contributed by atoms with Crippen LogP contribution in [0.15, 0.2) is 24.5 Å². The van der Waals surface area contributed by atoms with Crippen molar-refractivity contribution in [2.75, 3.05) is 0 Å². The van der Waals surface area contributed by atoms with Gasteiger partial charge in [0.1, 0.15) is 0 Å². The lowest BCUT2D eigenvalue weighted by atomic mass is 10.0. The van der Waals surface area contributed by atoms with Gasteiger partial charge in [-0.15, -0.1) is 0 Å². The molecular weight excluding hydrogens is 326 g/mol. The zero-order chi connectivity index (χ0) is 18.4. The first kappa shape index (κ1) is 16.8. The molecule has 0 spiro atoms. The Morgan fingerprint density at radius 3 is 2.77 bits per heavy atom. The highest BCUT2D eigenvalue weighted by Gasteiger charge is 2.25. The van der Waals surface area contributed by atoms with E-state index in [-0.39, 0.29) is 11.9 Å². The number of benzene rings is 1. The predicted octanol–water partition coefficient (Wildman–Crippen LogP) is 3.08. The fourth-order valence-electron chi connectivity index (χ4n) is 3.59. The van der Waals surface area contributed by atoms with E-state index in [1.165, 1.54) is 18.4 Å². The molecule has 1 amide bonds. The third-order valence-electron chi connectivity index (χ3n) is 5.32. The molecule has 136 valence electrons. The van der Waals surface area contributed by atoms with Crippen molar-refractivity contribution in [1.82, 2.24) is 24.6 Å². The second-order valence-corrected chi connectivity index (χ2v) is 7.44. The van der Waals surface area contributed by atoms with E-state index in [0.717, 1.165) is 28.8 Å². The van der Waals surface area contributed by atoms with Gasteiger partial charge in [-0.3, -0.25) is 9.48 Å². The summed E-state index contributed by atoms with van der Waals surface area (Å²) in [7, 11) is 1.95. The molecule has 0 unspecified atom stereocenters. The average molecular weight is 351 g/mol. The highest BCUT2D eigenvalue weighted by atomic mass is 16.1. The number of hydrogen-bond donors (Lipinski definition) is 1. The summed E-state index contributed by atoms with van der Waals surface area (Å²) in [5.74, 6) is -0.0560. The number of nitrogens with zero attached hydrogens (tertiary/aromatic N) is 4. The van der Waals surface area contributed by atoms with Crippen LogP contribution >= 0.6 is 0 Å². The highest BCUT2D eigenvalue weighted by molar-refractivity contribution is 5.97. The standard InChI is InChI=1S/C20H25N5O/c1-12(9-17-13(2)23-24(4)14(17)3)22-20(26)15-5-8-19-18(10-15)21-11-25(19)16-6-7-16/h5,8,10-12,16H,6-7,9H2,1-4H3,(H,22,26)/t12-/m0/s1. The van der Waals surface area contributed by atoms with E-state index in [0.29, 0.717) is 11.6 Å². The Kier molecular flexibility index (Phi) is 4.05. The van der Waals surface area contributed by atoms with Crippen LogP contribution < -0.4 is 5.32 Å². The van der Waals surface area contributed by atoms with Crippen molar-refractivity contribution in [3.05, 3.63) is 47.0 Å². The van der Waals surface area contributed by atoms with Gasteiger partial charge in [0, 0.05) is 30.4 Å². The summed E-state index contributed by atoms with van der Waals surface area (Å²) in [5, 5.41) is 7.55. The molecule has 6 nitrogen and oxygen atoms in total. The highest BCUT2D eigenvalue weighted by Crippen LogP contribution is 2.37. The number of carbonyl (C=O) groups excluding carboxylic acids is 1. The van der Waals surface area contributed by atoms with Crippen molar-refractivity contribution in [2.45, 2.75) is 52.1 Å². The summed E-state index contributed by atoms with van der Waals surface area (Å²) < 4.78 is 4.11. The minimum Gasteiger partial charge on any atom is -0.349 e. The lowest BCUT2D eigenvalue weighted by molar-refractivity contribution is 0.0940. The molecule has 0 radical (unpaired) electrons. The van der Waals surface area contributed by atoms with Crippen LogP contribution in [0.25, 0.3) is 11.0 Å². The van der Waals surface area contributed by atoms with Gasteiger partial charge in [-0.25, -0.2) is 4.98 Å². The van der Waals surface area contributed by atoms with Crippen molar-refractivity contribution in [3.8, 4) is 0 Å². The topological polar surface area (TPSA) is 64.7 Å². The van der Waals surface area contributed by atoms with Crippen molar-refractivity contribution < 1.29 is 4.79 Å². The van der Waals surface area contributed by atoms with E-state index in [4.69, 9.17) is 0 Å². The molecule has 6 heteroatoms. The van der Waals surface area contributed by atoms with Gasteiger partial charge < -0.3 is 9.88 Å². The first-order valence-corrected chi connectivity index (χ1v) is 9.20. The van der Waals surface area contributed by atoms with Crippen molar-refractivity contribution >= 4 is 16.9 Å². The average Bonchev–Trinajstić information content (AvgIpc) is 3.32. The van der Waals surface area contributed by atoms with Gasteiger partial charge in [0.15, 0.2) is 0 Å². The van der Waals surface area contributed by atoms with Crippen LogP contribution in [0.4, 0.5) is 0 Å². The quantitative estimate of drug-likeness (QED) is 0.768. The second kappa shape index (κ2) is 6.27. The van der Waals surface area contributed by atoms with Crippen LogP contribution in [-0.2, 0) is 13.5 Å². The largest absolute Gasteiger partial charge is 0.349 e. The van der Waals surface area contributed by atoms with Crippen molar-refractivity contribution in [1.29, 1.82) is 0 Å². The fraction of sp³-hybridized carbons (Fsp3) is 0.450. The smallest absolute Gasteiger partial charge is 0.251 e. The van der Waals surface area contributed by atoms with E-state index in [1.807, 2.05) is 50.1 Å².